The van der Waals surface area contributed by atoms with Crippen LogP contribution in [0.1, 0.15) is 29.2 Å². The molecule has 12 heteroatoms. The number of methoxy groups -OCH3 is 2. The van der Waals surface area contributed by atoms with Crippen molar-refractivity contribution >= 4 is 17.6 Å². The Morgan fingerprint density at radius 3 is 2.33 bits per heavy atom. The summed E-state index contributed by atoms with van der Waals surface area (Å²) in [5.41, 5.74) is 16.9. The zero-order valence-electron chi connectivity index (χ0n) is 25.4. The summed E-state index contributed by atoms with van der Waals surface area (Å²) < 4.78 is 19.1. The molecule has 0 fully saturated rings. The lowest BCUT2D eigenvalue weighted by molar-refractivity contribution is -0.136. The fourth-order valence-electron chi connectivity index (χ4n) is 5.26. The minimum Gasteiger partial charge on any atom is -0.493 e. The van der Waals surface area contributed by atoms with Crippen molar-refractivity contribution in [2.24, 2.45) is 16.5 Å². The van der Waals surface area contributed by atoms with Crippen LogP contribution in [0, 0.1) is 20.8 Å². The number of benzene rings is 2. The topological polar surface area (TPSA) is 165 Å². The maximum absolute atomic E-state index is 14.0. The molecule has 1 aliphatic rings. The second-order valence-corrected chi connectivity index (χ2v) is 10.3. The van der Waals surface area contributed by atoms with Crippen LogP contribution < -0.4 is 37.4 Å². The van der Waals surface area contributed by atoms with Crippen molar-refractivity contribution in [1.29, 1.82) is 0 Å². The molecule has 1 aromatic heterocycles. The number of rotatable bonds is 9. The number of carbonyl (C=O) groups excluding carboxylic acids is 2. The molecule has 4 rings (SSSR count). The SMILES string of the molecule is CCOc1cc2c(cc1OC)-c1cc(=Nc3c(C)cc(C)cc3C)n(CCNC(=O)/C(N)=C(/N)C(=O)OC)c(=O)n1CC2. The lowest BCUT2D eigenvalue weighted by Gasteiger charge is -2.25. The van der Waals surface area contributed by atoms with Crippen LogP contribution in [0.2, 0.25) is 0 Å². The number of nitrogens with two attached hydrogens (primary N) is 2. The molecule has 1 amide bonds. The molecule has 0 spiro atoms. The van der Waals surface area contributed by atoms with Crippen molar-refractivity contribution in [2.45, 2.75) is 47.2 Å². The molecule has 3 aromatic rings. The largest absolute Gasteiger partial charge is 0.493 e. The van der Waals surface area contributed by atoms with Gasteiger partial charge in [-0.05, 0) is 62.9 Å². The number of fused-ring (bicyclic) bond motifs is 3. The van der Waals surface area contributed by atoms with E-state index in [-0.39, 0.29) is 18.8 Å². The van der Waals surface area contributed by atoms with E-state index in [2.05, 4.69) is 10.1 Å². The van der Waals surface area contributed by atoms with E-state index in [4.69, 9.17) is 25.9 Å². The third-order valence-corrected chi connectivity index (χ3v) is 7.29. The van der Waals surface area contributed by atoms with Crippen LogP contribution in [0.4, 0.5) is 5.69 Å². The smallest absolute Gasteiger partial charge is 0.356 e. The zero-order valence-corrected chi connectivity index (χ0v) is 25.4. The number of aromatic nitrogens is 2. The van der Waals surface area contributed by atoms with E-state index < -0.39 is 23.3 Å². The molecule has 0 aliphatic carbocycles. The van der Waals surface area contributed by atoms with E-state index in [0.717, 1.165) is 40.6 Å². The maximum atomic E-state index is 14.0. The molecular weight excluding hydrogens is 552 g/mol. The normalized spacial score (nSPS) is 13.0. The minimum absolute atomic E-state index is 0.0176. The number of nitrogens with one attached hydrogen (secondary N) is 1. The highest BCUT2D eigenvalue weighted by atomic mass is 16.5. The van der Waals surface area contributed by atoms with E-state index in [9.17, 15) is 14.4 Å². The second kappa shape index (κ2) is 12.9. The summed E-state index contributed by atoms with van der Waals surface area (Å²) in [6, 6.07) is 9.81. The Morgan fingerprint density at radius 1 is 1.00 bits per heavy atom. The molecule has 5 N–H and O–H groups in total. The number of hydrogen-bond donors (Lipinski definition) is 3. The second-order valence-electron chi connectivity index (χ2n) is 10.3. The highest BCUT2D eigenvalue weighted by Crippen LogP contribution is 2.37. The molecule has 12 nitrogen and oxygen atoms in total. The Hall–Kier alpha value is -5.00. The molecular formula is C31H38N6O6. The van der Waals surface area contributed by atoms with E-state index in [1.54, 1.807) is 11.7 Å². The van der Waals surface area contributed by atoms with Crippen molar-refractivity contribution in [3.05, 3.63) is 80.0 Å². The van der Waals surface area contributed by atoms with Gasteiger partial charge < -0.3 is 31.0 Å². The average Bonchev–Trinajstić information content (AvgIpc) is 2.98. The van der Waals surface area contributed by atoms with Crippen LogP contribution in [-0.4, -0.2) is 48.4 Å². The minimum atomic E-state index is -0.912. The van der Waals surface area contributed by atoms with Gasteiger partial charge in [0.05, 0.1) is 32.2 Å². The van der Waals surface area contributed by atoms with E-state index in [1.807, 2.05) is 58.0 Å². The van der Waals surface area contributed by atoms with Gasteiger partial charge in [0.15, 0.2) is 11.5 Å². The summed E-state index contributed by atoms with van der Waals surface area (Å²) in [4.78, 5) is 43.2. The third-order valence-electron chi connectivity index (χ3n) is 7.29. The number of esters is 1. The van der Waals surface area contributed by atoms with Gasteiger partial charge in [0.1, 0.15) is 16.9 Å². The summed E-state index contributed by atoms with van der Waals surface area (Å²) in [6.45, 7) is 8.93. The van der Waals surface area contributed by atoms with Gasteiger partial charge in [0, 0.05) is 31.3 Å². The van der Waals surface area contributed by atoms with Gasteiger partial charge in [-0.25, -0.2) is 14.6 Å². The first-order valence-electron chi connectivity index (χ1n) is 13.9. The maximum Gasteiger partial charge on any atom is 0.356 e. The van der Waals surface area contributed by atoms with Gasteiger partial charge >= 0.3 is 11.7 Å². The van der Waals surface area contributed by atoms with Crippen LogP contribution in [-0.2, 0) is 33.8 Å². The predicted octanol–water partition coefficient (Wildman–Crippen LogP) is 1.86. The number of hydrogen-bond acceptors (Lipinski definition) is 9. The van der Waals surface area contributed by atoms with Gasteiger partial charge in [-0.15, -0.1) is 0 Å². The molecule has 0 saturated heterocycles. The first-order valence-corrected chi connectivity index (χ1v) is 13.9. The van der Waals surface area contributed by atoms with Gasteiger partial charge in [-0.1, -0.05) is 17.7 Å². The molecule has 228 valence electrons. The molecule has 2 aromatic carbocycles. The van der Waals surface area contributed by atoms with E-state index in [1.165, 1.54) is 4.57 Å². The van der Waals surface area contributed by atoms with Crippen molar-refractivity contribution in [3.8, 4) is 22.8 Å². The summed E-state index contributed by atoms with van der Waals surface area (Å²) in [6.07, 6.45) is 0.615. The van der Waals surface area contributed by atoms with Gasteiger partial charge in [0.2, 0.25) is 0 Å². The van der Waals surface area contributed by atoms with E-state index in [0.29, 0.717) is 42.3 Å². The quantitative estimate of drug-likeness (QED) is 0.251. The summed E-state index contributed by atoms with van der Waals surface area (Å²) in [7, 11) is 2.72. The van der Waals surface area contributed by atoms with Crippen LogP contribution in [0.15, 0.2) is 51.5 Å². The molecule has 0 bridgehead atoms. The fraction of sp³-hybridized carbons (Fsp3) is 0.355. The number of aryl methyl sites for hydroxylation is 4. The number of carbonyl (C=O) groups is 2. The van der Waals surface area contributed by atoms with Crippen LogP contribution in [0.3, 0.4) is 0 Å². The monoisotopic (exact) mass is 590 g/mol. The van der Waals surface area contributed by atoms with Gasteiger partial charge in [0.25, 0.3) is 5.91 Å². The van der Waals surface area contributed by atoms with Gasteiger partial charge in [-0.3, -0.25) is 13.9 Å². The van der Waals surface area contributed by atoms with Crippen molar-refractivity contribution in [1.82, 2.24) is 14.5 Å². The van der Waals surface area contributed by atoms with Crippen LogP contribution in [0.5, 0.6) is 11.5 Å². The van der Waals surface area contributed by atoms with Crippen LogP contribution in [0.25, 0.3) is 11.3 Å². The Balaban J connectivity index is 1.84. The molecule has 2 heterocycles. The number of ether oxygens (including phenoxy) is 3. The van der Waals surface area contributed by atoms with E-state index >= 15 is 0 Å². The van der Waals surface area contributed by atoms with Gasteiger partial charge in [-0.2, -0.15) is 0 Å². The first kappa shape index (κ1) is 30.9. The standard InChI is InChI=1S/C31H38N6O6/c1-7-43-24-14-20-8-10-36-22(21(20)15-23(24)41-5)16-25(35-28-18(3)12-17(2)13-19(28)4)37(31(36)40)11-9-34-29(38)26(32)27(33)30(39)42-6/h12-16H,7-11,32-33H2,1-6H3,(H,34,38)/b27-26-,35-25?. The Labute approximate surface area is 249 Å². The molecule has 1 aliphatic heterocycles. The van der Waals surface area contributed by atoms with Crippen molar-refractivity contribution in [2.75, 3.05) is 27.4 Å². The number of nitrogens with zero attached hydrogens (tertiary/aromatic N) is 3. The zero-order chi connectivity index (χ0) is 31.4. The Kier molecular flexibility index (Phi) is 9.27. The molecule has 0 atom stereocenters. The summed E-state index contributed by atoms with van der Waals surface area (Å²) in [5.74, 6) is -0.443. The van der Waals surface area contributed by atoms with Crippen molar-refractivity contribution in [3.63, 3.8) is 0 Å². The first-order chi connectivity index (χ1) is 20.5. The summed E-state index contributed by atoms with van der Waals surface area (Å²) >= 11 is 0. The number of amides is 1. The summed E-state index contributed by atoms with van der Waals surface area (Å²) in [5, 5.41) is 2.62. The lowest BCUT2D eigenvalue weighted by Crippen LogP contribution is -2.44. The highest BCUT2D eigenvalue weighted by molar-refractivity contribution is 6.01. The predicted molar refractivity (Wildman–Crippen MR) is 162 cm³/mol. The Bertz CT molecular complexity index is 1730. The van der Waals surface area contributed by atoms with Crippen LogP contribution >= 0.6 is 0 Å². The lowest BCUT2D eigenvalue weighted by atomic mass is 9.97. The molecule has 0 saturated carbocycles. The molecule has 0 radical (unpaired) electrons. The fourth-order valence-corrected chi connectivity index (χ4v) is 5.26. The molecule has 43 heavy (non-hydrogen) atoms. The highest BCUT2D eigenvalue weighted by Gasteiger charge is 2.23. The third kappa shape index (κ3) is 6.27. The Morgan fingerprint density at radius 2 is 1.70 bits per heavy atom. The molecule has 0 unspecified atom stereocenters. The average molecular weight is 591 g/mol. The van der Waals surface area contributed by atoms with Crippen molar-refractivity contribution < 1.29 is 23.8 Å².